The molecule has 0 spiro atoms. The second kappa shape index (κ2) is 6.07. The van der Waals surface area contributed by atoms with E-state index in [1.807, 2.05) is 6.92 Å². The van der Waals surface area contributed by atoms with Crippen LogP contribution in [-0.4, -0.2) is 50.1 Å². The van der Waals surface area contributed by atoms with Crippen LogP contribution in [0.3, 0.4) is 0 Å². The molecule has 2 heterocycles. The van der Waals surface area contributed by atoms with Gasteiger partial charge in [0.1, 0.15) is 0 Å². The molecule has 0 aromatic carbocycles. The SMILES string of the molecule is CC(CCl)CS(=O)(=O)NC1CCN2CCCCC12. The second-order valence-corrected chi connectivity index (χ2v) is 7.76. The largest absolute Gasteiger partial charge is 0.299 e. The fraction of sp³-hybridized carbons (Fsp3) is 1.00. The van der Waals surface area contributed by atoms with E-state index < -0.39 is 10.0 Å². The number of sulfonamides is 1. The van der Waals surface area contributed by atoms with Crippen LogP contribution in [0, 0.1) is 5.92 Å². The van der Waals surface area contributed by atoms with Crippen molar-refractivity contribution in [1.29, 1.82) is 0 Å². The molecular weight excluding hydrogens is 272 g/mol. The van der Waals surface area contributed by atoms with E-state index in [1.54, 1.807) is 0 Å². The number of fused-ring (bicyclic) bond motifs is 1. The van der Waals surface area contributed by atoms with Gasteiger partial charge in [-0.15, -0.1) is 11.6 Å². The second-order valence-electron chi connectivity index (χ2n) is 5.65. The maximum Gasteiger partial charge on any atom is 0.212 e. The third-order valence-electron chi connectivity index (χ3n) is 3.95. The van der Waals surface area contributed by atoms with Crippen molar-refractivity contribution in [3.8, 4) is 0 Å². The molecule has 2 aliphatic heterocycles. The van der Waals surface area contributed by atoms with Gasteiger partial charge in [0.25, 0.3) is 0 Å². The summed E-state index contributed by atoms with van der Waals surface area (Å²) in [5, 5.41) is 0. The van der Waals surface area contributed by atoms with Crippen molar-refractivity contribution in [3.63, 3.8) is 0 Å². The number of rotatable bonds is 5. The van der Waals surface area contributed by atoms with Gasteiger partial charge in [0.05, 0.1) is 5.75 Å². The molecule has 0 aromatic rings. The van der Waals surface area contributed by atoms with E-state index in [1.165, 1.54) is 12.8 Å². The fourth-order valence-corrected chi connectivity index (χ4v) is 5.02. The molecule has 2 rings (SSSR count). The van der Waals surface area contributed by atoms with Crippen molar-refractivity contribution >= 4 is 21.6 Å². The van der Waals surface area contributed by atoms with Gasteiger partial charge in [0, 0.05) is 24.5 Å². The molecule has 3 atom stereocenters. The van der Waals surface area contributed by atoms with Crippen LogP contribution in [0.1, 0.15) is 32.6 Å². The minimum Gasteiger partial charge on any atom is -0.299 e. The van der Waals surface area contributed by atoms with Crippen molar-refractivity contribution in [3.05, 3.63) is 0 Å². The Bertz CT molecular complexity index is 374. The molecule has 0 saturated carbocycles. The number of hydrogen-bond donors (Lipinski definition) is 1. The zero-order valence-corrected chi connectivity index (χ0v) is 12.5. The highest BCUT2D eigenvalue weighted by molar-refractivity contribution is 7.89. The minimum atomic E-state index is -3.19. The first-order chi connectivity index (χ1) is 8.52. The van der Waals surface area contributed by atoms with E-state index in [-0.39, 0.29) is 17.7 Å². The van der Waals surface area contributed by atoms with Crippen molar-refractivity contribution < 1.29 is 8.42 Å². The molecule has 2 fully saturated rings. The Morgan fingerprint density at radius 1 is 1.33 bits per heavy atom. The highest BCUT2D eigenvalue weighted by Crippen LogP contribution is 2.27. The first-order valence-electron chi connectivity index (χ1n) is 6.82. The van der Waals surface area contributed by atoms with Crippen LogP contribution in [-0.2, 0) is 10.0 Å². The molecule has 6 heteroatoms. The zero-order chi connectivity index (χ0) is 13.2. The highest BCUT2D eigenvalue weighted by atomic mass is 35.5. The summed E-state index contributed by atoms with van der Waals surface area (Å²) in [5.41, 5.74) is 0. The average molecular weight is 295 g/mol. The molecule has 0 aliphatic carbocycles. The van der Waals surface area contributed by atoms with Gasteiger partial charge in [-0.05, 0) is 31.7 Å². The van der Waals surface area contributed by atoms with Gasteiger partial charge in [-0.2, -0.15) is 0 Å². The van der Waals surface area contributed by atoms with Gasteiger partial charge in [-0.25, -0.2) is 13.1 Å². The average Bonchev–Trinajstić information content (AvgIpc) is 2.71. The summed E-state index contributed by atoms with van der Waals surface area (Å²) >= 11 is 5.68. The molecule has 2 saturated heterocycles. The van der Waals surface area contributed by atoms with Crippen molar-refractivity contribution in [2.75, 3.05) is 24.7 Å². The molecule has 0 aromatic heterocycles. The van der Waals surface area contributed by atoms with Crippen LogP contribution in [0.4, 0.5) is 0 Å². The molecule has 1 N–H and O–H groups in total. The Labute approximate surface area is 115 Å². The predicted molar refractivity (Wildman–Crippen MR) is 74.4 cm³/mol. The summed E-state index contributed by atoms with van der Waals surface area (Å²) in [5.74, 6) is 0.536. The lowest BCUT2D eigenvalue weighted by Crippen LogP contribution is -2.47. The minimum absolute atomic E-state index is 0.00743. The molecule has 0 bridgehead atoms. The summed E-state index contributed by atoms with van der Waals surface area (Å²) in [7, 11) is -3.19. The Hall–Kier alpha value is 0.160. The van der Waals surface area contributed by atoms with Gasteiger partial charge in [0.2, 0.25) is 10.0 Å². The number of alkyl halides is 1. The van der Waals surface area contributed by atoms with E-state index in [9.17, 15) is 8.42 Å². The Morgan fingerprint density at radius 3 is 2.83 bits per heavy atom. The molecule has 0 amide bonds. The number of hydrogen-bond acceptors (Lipinski definition) is 3. The molecule has 106 valence electrons. The van der Waals surface area contributed by atoms with Crippen LogP contribution in [0.15, 0.2) is 0 Å². The number of halogens is 1. The van der Waals surface area contributed by atoms with Crippen molar-refractivity contribution in [2.45, 2.75) is 44.7 Å². The summed E-state index contributed by atoms with van der Waals surface area (Å²) in [4.78, 5) is 2.43. The lowest BCUT2D eigenvalue weighted by Gasteiger charge is -2.32. The molecule has 0 radical (unpaired) electrons. The molecule has 2 aliphatic rings. The van der Waals surface area contributed by atoms with E-state index in [0.717, 1.165) is 25.9 Å². The van der Waals surface area contributed by atoms with Crippen molar-refractivity contribution in [2.24, 2.45) is 5.92 Å². The summed E-state index contributed by atoms with van der Waals surface area (Å²) < 4.78 is 27.0. The number of nitrogens with one attached hydrogen (secondary N) is 1. The summed E-state index contributed by atoms with van der Waals surface area (Å²) in [6, 6.07) is 0.526. The summed E-state index contributed by atoms with van der Waals surface area (Å²) in [6.07, 6.45) is 4.54. The van der Waals surface area contributed by atoms with E-state index >= 15 is 0 Å². The number of piperidine rings is 1. The van der Waals surface area contributed by atoms with Crippen LogP contribution in [0.5, 0.6) is 0 Å². The molecular formula is C12H23ClN2O2S. The lowest BCUT2D eigenvalue weighted by molar-refractivity contribution is 0.186. The maximum atomic E-state index is 12.0. The zero-order valence-electron chi connectivity index (χ0n) is 10.9. The van der Waals surface area contributed by atoms with Gasteiger partial charge in [-0.3, -0.25) is 4.90 Å². The predicted octanol–water partition coefficient (Wildman–Crippen LogP) is 1.41. The monoisotopic (exact) mass is 294 g/mol. The maximum absolute atomic E-state index is 12.0. The molecule has 18 heavy (non-hydrogen) atoms. The third-order valence-corrected chi connectivity index (χ3v) is 6.15. The van der Waals surface area contributed by atoms with E-state index in [2.05, 4.69) is 9.62 Å². The molecule has 3 unspecified atom stereocenters. The Kier molecular flexibility index (Phi) is 4.92. The van der Waals surface area contributed by atoms with Crippen LogP contribution >= 0.6 is 11.6 Å². The Morgan fingerprint density at radius 2 is 2.11 bits per heavy atom. The fourth-order valence-electron chi connectivity index (χ4n) is 3.08. The topological polar surface area (TPSA) is 49.4 Å². The van der Waals surface area contributed by atoms with Gasteiger partial charge in [-0.1, -0.05) is 13.3 Å². The third kappa shape index (κ3) is 3.59. The number of nitrogens with zero attached hydrogens (tertiary/aromatic N) is 1. The highest BCUT2D eigenvalue weighted by Gasteiger charge is 2.37. The first kappa shape index (κ1) is 14.6. The normalized spacial score (nSPS) is 31.2. The van der Waals surface area contributed by atoms with Gasteiger partial charge >= 0.3 is 0 Å². The van der Waals surface area contributed by atoms with E-state index in [0.29, 0.717) is 11.9 Å². The lowest BCUT2D eigenvalue weighted by atomic mass is 10.00. The van der Waals surface area contributed by atoms with Crippen LogP contribution in [0.2, 0.25) is 0 Å². The van der Waals surface area contributed by atoms with Crippen LogP contribution < -0.4 is 4.72 Å². The first-order valence-corrected chi connectivity index (χ1v) is 9.00. The van der Waals surface area contributed by atoms with Gasteiger partial charge in [0.15, 0.2) is 0 Å². The van der Waals surface area contributed by atoms with Crippen LogP contribution in [0.25, 0.3) is 0 Å². The van der Waals surface area contributed by atoms with Gasteiger partial charge < -0.3 is 0 Å². The Balaban J connectivity index is 1.93. The standard InChI is InChI=1S/C12H23ClN2O2S/c1-10(8-13)9-18(16,17)14-11-5-7-15-6-3-2-4-12(11)15/h10-12,14H,2-9H2,1H3. The quantitative estimate of drug-likeness (QED) is 0.780. The van der Waals surface area contributed by atoms with E-state index in [4.69, 9.17) is 11.6 Å². The smallest absolute Gasteiger partial charge is 0.212 e. The van der Waals surface area contributed by atoms with Crippen molar-refractivity contribution in [1.82, 2.24) is 9.62 Å². The molecule has 4 nitrogen and oxygen atoms in total. The summed E-state index contributed by atoms with van der Waals surface area (Å²) in [6.45, 7) is 4.03.